The number of carbonyl (C=O) groups excluding carboxylic acids is 1. The molecular weight excluding hydrogens is 424 g/mol. The van der Waals surface area contributed by atoms with Gasteiger partial charge < -0.3 is 19.3 Å². The van der Waals surface area contributed by atoms with Crippen molar-refractivity contribution in [2.75, 3.05) is 13.1 Å². The molecule has 0 spiro atoms. The van der Waals surface area contributed by atoms with Crippen LogP contribution in [0.5, 0.6) is 0 Å². The van der Waals surface area contributed by atoms with Crippen molar-refractivity contribution in [3.63, 3.8) is 0 Å². The van der Waals surface area contributed by atoms with Crippen LogP contribution in [0.25, 0.3) is 22.2 Å². The molecule has 34 heavy (non-hydrogen) atoms. The number of rotatable bonds is 6. The SMILES string of the molecule is Cc1ccc(-c2cc(Cn3c(C(=O)NC4CCN(C(C)C)CC4)cc4ccccc43)no2)cc1. The number of nitrogens with zero attached hydrogens (tertiary/aromatic N) is 3. The van der Waals surface area contributed by atoms with Gasteiger partial charge in [-0.2, -0.15) is 0 Å². The lowest BCUT2D eigenvalue weighted by Crippen LogP contribution is -2.46. The van der Waals surface area contributed by atoms with Crippen LogP contribution >= 0.6 is 0 Å². The molecule has 2 aromatic carbocycles. The average Bonchev–Trinajstić information content (AvgIpc) is 3.45. The van der Waals surface area contributed by atoms with Gasteiger partial charge in [0.1, 0.15) is 11.4 Å². The summed E-state index contributed by atoms with van der Waals surface area (Å²) < 4.78 is 7.68. The topological polar surface area (TPSA) is 63.3 Å². The van der Waals surface area contributed by atoms with Gasteiger partial charge in [-0.25, -0.2) is 0 Å². The molecule has 0 aliphatic carbocycles. The number of hydrogen-bond donors (Lipinski definition) is 1. The smallest absolute Gasteiger partial charge is 0.268 e. The Bertz CT molecular complexity index is 1280. The van der Waals surface area contributed by atoms with E-state index in [2.05, 4.69) is 48.3 Å². The highest BCUT2D eigenvalue weighted by Crippen LogP contribution is 2.25. The summed E-state index contributed by atoms with van der Waals surface area (Å²) in [5.74, 6) is 0.704. The Morgan fingerprint density at radius 2 is 1.82 bits per heavy atom. The summed E-state index contributed by atoms with van der Waals surface area (Å²) in [6.07, 6.45) is 1.96. The number of fused-ring (bicyclic) bond motifs is 1. The van der Waals surface area contributed by atoms with Crippen LogP contribution in [0.15, 0.2) is 65.2 Å². The van der Waals surface area contributed by atoms with Crippen molar-refractivity contribution in [3.05, 3.63) is 77.6 Å². The molecule has 176 valence electrons. The largest absolute Gasteiger partial charge is 0.356 e. The number of hydrogen-bond acceptors (Lipinski definition) is 4. The molecule has 4 aromatic rings. The van der Waals surface area contributed by atoms with E-state index in [-0.39, 0.29) is 11.9 Å². The van der Waals surface area contributed by atoms with Crippen LogP contribution in [-0.4, -0.2) is 45.7 Å². The summed E-state index contributed by atoms with van der Waals surface area (Å²) in [5, 5.41) is 8.64. The van der Waals surface area contributed by atoms with E-state index in [1.165, 1.54) is 5.56 Å². The molecule has 1 fully saturated rings. The zero-order valence-electron chi connectivity index (χ0n) is 20.1. The lowest BCUT2D eigenvalue weighted by atomic mass is 10.0. The molecule has 0 saturated carbocycles. The maximum Gasteiger partial charge on any atom is 0.268 e. The van der Waals surface area contributed by atoms with E-state index in [0.29, 0.717) is 18.3 Å². The second-order valence-electron chi connectivity index (χ2n) is 9.60. The number of para-hydroxylation sites is 1. The highest BCUT2D eigenvalue weighted by atomic mass is 16.5. The number of likely N-dealkylation sites (tertiary alicyclic amines) is 1. The van der Waals surface area contributed by atoms with Crippen LogP contribution in [-0.2, 0) is 6.54 Å². The van der Waals surface area contributed by atoms with Gasteiger partial charge in [0.05, 0.1) is 6.54 Å². The van der Waals surface area contributed by atoms with Crippen LogP contribution in [0.3, 0.4) is 0 Å². The lowest BCUT2D eigenvalue weighted by molar-refractivity contribution is 0.0892. The number of nitrogens with one attached hydrogen (secondary N) is 1. The number of piperidine rings is 1. The molecule has 5 rings (SSSR count). The highest BCUT2D eigenvalue weighted by Gasteiger charge is 2.24. The summed E-state index contributed by atoms with van der Waals surface area (Å²) >= 11 is 0. The Morgan fingerprint density at radius 1 is 1.09 bits per heavy atom. The standard InChI is InChI=1S/C28H32N4O2/c1-19(2)31-14-12-23(13-15-31)29-28(33)26-16-22-6-4-5-7-25(22)32(26)18-24-17-27(34-30-24)21-10-8-20(3)9-11-21/h4-11,16-17,19,23H,12-15,18H2,1-3H3,(H,29,33). The fourth-order valence-corrected chi connectivity index (χ4v) is 4.79. The van der Waals surface area contributed by atoms with E-state index in [9.17, 15) is 4.79 Å². The number of benzene rings is 2. The molecule has 2 aromatic heterocycles. The predicted molar refractivity (Wildman–Crippen MR) is 135 cm³/mol. The van der Waals surface area contributed by atoms with Gasteiger partial charge in [0.2, 0.25) is 0 Å². The Hall–Kier alpha value is -3.38. The van der Waals surface area contributed by atoms with Gasteiger partial charge in [-0.1, -0.05) is 53.2 Å². The molecular formula is C28H32N4O2. The van der Waals surface area contributed by atoms with Gasteiger partial charge in [0, 0.05) is 47.7 Å². The first-order chi connectivity index (χ1) is 16.5. The first kappa shape index (κ1) is 22.4. The van der Waals surface area contributed by atoms with Gasteiger partial charge in [0.25, 0.3) is 5.91 Å². The van der Waals surface area contributed by atoms with Crippen LogP contribution in [0.2, 0.25) is 0 Å². The molecule has 0 unspecified atom stereocenters. The maximum absolute atomic E-state index is 13.4. The summed E-state index contributed by atoms with van der Waals surface area (Å²) in [5.41, 5.74) is 4.66. The average molecular weight is 457 g/mol. The lowest BCUT2D eigenvalue weighted by Gasteiger charge is -2.34. The Labute approximate surface area is 200 Å². The van der Waals surface area contributed by atoms with Crippen molar-refractivity contribution in [1.82, 2.24) is 19.9 Å². The van der Waals surface area contributed by atoms with Crippen LogP contribution in [0, 0.1) is 6.92 Å². The third-order valence-electron chi connectivity index (χ3n) is 6.85. The van der Waals surface area contributed by atoms with E-state index >= 15 is 0 Å². The van der Waals surface area contributed by atoms with Gasteiger partial charge in [-0.3, -0.25) is 4.79 Å². The Kier molecular flexibility index (Phi) is 6.24. The second-order valence-corrected chi connectivity index (χ2v) is 9.60. The van der Waals surface area contributed by atoms with Crippen molar-refractivity contribution >= 4 is 16.8 Å². The maximum atomic E-state index is 13.4. The third-order valence-corrected chi connectivity index (χ3v) is 6.85. The quantitative estimate of drug-likeness (QED) is 0.430. The molecule has 0 bridgehead atoms. The second kappa shape index (κ2) is 9.47. The molecule has 6 heteroatoms. The fourth-order valence-electron chi connectivity index (χ4n) is 4.79. The van der Waals surface area contributed by atoms with Crippen molar-refractivity contribution in [2.24, 2.45) is 0 Å². The van der Waals surface area contributed by atoms with Gasteiger partial charge >= 0.3 is 0 Å². The van der Waals surface area contributed by atoms with Gasteiger partial charge in [0.15, 0.2) is 5.76 Å². The van der Waals surface area contributed by atoms with E-state index in [1.54, 1.807) is 0 Å². The summed E-state index contributed by atoms with van der Waals surface area (Å²) in [6.45, 7) is 9.03. The Balaban J connectivity index is 1.37. The van der Waals surface area contributed by atoms with E-state index < -0.39 is 0 Å². The normalized spacial score (nSPS) is 15.3. The molecule has 3 heterocycles. The van der Waals surface area contributed by atoms with E-state index in [4.69, 9.17) is 4.52 Å². The number of aromatic nitrogens is 2. The molecule has 6 nitrogen and oxygen atoms in total. The number of carbonyl (C=O) groups is 1. The first-order valence-corrected chi connectivity index (χ1v) is 12.1. The molecule has 1 amide bonds. The van der Waals surface area contributed by atoms with Crippen molar-refractivity contribution in [1.29, 1.82) is 0 Å². The van der Waals surface area contributed by atoms with Gasteiger partial charge in [-0.05, 0) is 45.7 Å². The van der Waals surface area contributed by atoms with Crippen LogP contribution < -0.4 is 5.32 Å². The minimum absolute atomic E-state index is 0.0264. The van der Waals surface area contributed by atoms with Gasteiger partial charge in [-0.15, -0.1) is 0 Å². The Morgan fingerprint density at radius 3 is 2.56 bits per heavy atom. The highest BCUT2D eigenvalue weighted by molar-refractivity contribution is 5.99. The monoisotopic (exact) mass is 456 g/mol. The van der Waals surface area contributed by atoms with Crippen molar-refractivity contribution in [2.45, 2.75) is 52.2 Å². The summed E-state index contributed by atoms with van der Waals surface area (Å²) in [7, 11) is 0. The van der Waals surface area contributed by atoms with Crippen LogP contribution in [0.4, 0.5) is 0 Å². The molecule has 1 N–H and O–H groups in total. The summed E-state index contributed by atoms with van der Waals surface area (Å²) in [4.78, 5) is 15.8. The van der Waals surface area contributed by atoms with E-state index in [1.807, 2.05) is 53.1 Å². The van der Waals surface area contributed by atoms with Crippen molar-refractivity contribution < 1.29 is 9.32 Å². The zero-order chi connectivity index (χ0) is 23.7. The molecule has 1 saturated heterocycles. The van der Waals surface area contributed by atoms with Crippen molar-refractivity contribution in [3.8, 4) is 11.3 Å². The predicted octanol–water partition coefficient (Wildman–Crippen LogP) is 5.26. The van der Waals surface area contributed by atoms with Crippen LogP contribution in [0.1, 0.15) is 48.4 Å². The van der Waals surface area contributed by atoms with E-state index in [0.717, 1.165) is 53.9 Å². The molecule has 1 aliphatic rings. The minimum Gasteiger partial charge on any atom is -0.356 e. The molecule has 0 radical (unpaired) electrons. The molecule has 1 aliphatic heterocycles. The summed E-state index contributed by atoms with van der Waals surface area (Å²) in [6, 6.07) is 21.0. The number of amides is 1. The molecule has 0 atom stereocenters. The fraction of sp³-hybridized carbons (Fsp3) is 0.357. The third kappa shape index (κ3) is 4.64. The minimum atomic E-state index is -0.0264. The zero-order valence-corrected chi connectivity index (χ0v) is 20.1. The number of aryl methyl sites for hydroxylation is 1. The first-order valence-electron chi connectivity index (χ1n) is 12.1.